The number of aliphatic carboxylic acids is 1. The summed E-state index contributed by atoms with van der Waals surface area (Å²) in [6.07, 6.45) is 1.51. The van der Waals surface area contributed by atoms with Crippen molar-refractivity contribution in [2.75, 3.05) is 26.7 Å². The lowest BCUT2D eigenvalue weighted by Crippen LogP contribution is -2.44. The van der Waals surface area contributed by atoms with Gasteiger partial charge in [-0.15, -0.1) is 0 Å². The van der Waals surface area contributed by atoms with E-state index < -0.39 is 35.0 Å². The number of likely N-dealkylation sites (tertiary alicyclic amines) is 1. The van der Waals surface area contributed by atoms with E-state index in [1.165, 1.54) is 7.11 Å². The van der Waals surface area contributed by atoms with Gasteiger partial charge in [0.15, 0.2) is 0 Å². The van der Waals surface area contributed by atoms with Gasteiger partial charge in [-0.1, -0.05) is 0 Å². The van der Waals surface area contributed by atoms with Crippen LogP contribution in [0, 0.1) is 22.9 Å². The molecule has 3 aromatic rings. The minimum Gasteiger partial charge on any atom is -0.497 e. The minimum atomic E-state index is -1.43. The van der Waals surface area contributed by atoms with Crippen molar-refractivity contribution in [2.24, 2.45) is 11.1 Å². The Labute approximate surface area is 224 Å². The zero-order chi connectivity index (χ0) is 28.2. The van der Waals surface area contributed by atoms with Gasteiger partial charge in [-0.2, -0.15) is 0 Å². The number of nitrogens with two attached hydrogens (primary N) is 1. The number of hydrogen-bond acceptors (Lipinski definition) is 5. The number of benzene rings is 2. The van der Waals surface area contributed by atoms with Gasteiger partial charge in [-0.3, -0.25) is 9.78 Å². The number of ether oxygens (including phenoxy) is 1. The Balaban J connectivity index is 1.39. The number of hydrogen-bond donors (Lipinski definition) is 2. The minimum absolute atomic E-state index is 0.0126. The molecule has 1 atom stereocenters. The van der Waals surface area contributed by atoms with E-state index in [4.69, 9.17) is 10.5 Å². The van der Waals surface area contributed by atoms with Gasteiger partial charge >= 0.3 is 5.97 Å². The Bertz CT molecular complexity index is 1300. The fourth-order valence-corrected chi connectivity index (χ4v) is 5.51. The maximum atomic E-state index is 15.8. The molecule has 0 radical (unpaired) electrons. The highest BCUT2D eigenvalue weighted by molar-refractivity contribution is 5.85. The number of nitrogens with zero attached hydrogens (tertiary/aromatic N) is 2. The highest BCUT2D eigenvalue weighted by atomic mass is 19.1. The molecule has 1 aliphatic rings. The summed E-state index contributed by atoms with van der Waals surface area (Å²) >= 11 is 0. The van der Waals surface area contributed by atoms with E-state index in [1.807, 2.05) is 4.90 Å². The first kappa shape index (κ1) is 28.8. The fourth-order valence-electron chi connectivity index (χ4n) is 5.51. The highest BCUT2D eigenvalue weighted by Gasteiger charge is 2.41. The second-order valence-electron chi connectivity index (χ2n) is 10.2. The molecule has 4 rings (SSSR count). The van der Waals surface area contributed by atoms with E-state index in [0.717, 1.165) is 0 Å². The molecule has 1 saturated heterocycles. The zero-order valence-corrected chi connectivity index (χ0v) is 21.9. The number of pyridine rings is 1. The number of fused-ring (bicyclic) bond motifs is 1. The van der Waals surface area contributed by atoms with Crippen LogP contribution in [0.3, 0.4) is 0 Å². The molecule has 0 unspecified atom stereocenters. The van der Waals surface area contributed by atoms with Crippen LogP contribution >= 0.6 is 0 Å². The van der Waals surface area contributed by atoms with E-state index in [1.54, 1.807) is 24.4 Å². The van der Waals surface area contributed by atoms with Crippen LogP contribution in [-0.4, -0.2) is 47.7 Å². The van der Waals surface area contributed by atoms with Crippen LogP contribution in [0.1, 0.15) is 55.0 Å². The first-order valence-corrected chi connectivity index (χ1v) is 13.1. The first-order valence-electron chi connectivity index (χ1n) is 13.1. The molecule has 6 nitrogen and oxygen atoms in total. The number of carbonyl (C=O) groups is 1. The Hall–Kier alpha value is -3.24. The molecule has 0 aliphatic carbocycles. The third-order valence-corrected chi connectivity index (χ3v) is 7.88. The predicted octanol–water partition coefficient (Wildman–Crippen LogP) is 5.71. The number of carboxylic acid groups (broad SMARTS) is 1. The lowest BCUT2D eigenvalue weighted by atomic mass is 9.74. The summed E-state index contributed by atoms with van der Waals surface area (Å²) in [4.78, 5) is 18.8. The van der Waals surface area contributed by atoms with Gasteiger partial charge in [0, 0.05) is 41.4 Å². The van der Waals surface area contributed by atoms with Crippen molar-refractivity contribution in [1.29, 1.82) is 0 Å². The number of rotatable bonds is 11. The van der Waals surface area contributed by atoms with E-state index in [0.29, 0.717) is 78.8 Å². The topological polar surface area (TPSA) is 88.7 Å². The maximum absolute atomic E-state index is 15.8. The summed E-state index contributed by atoms with van der Waals surface area (Å²) < 4.78 is 62.1. The summed E-state index contributed by atoms with van der Waals surface area (Å²) in [5, 5.41) is 10.7. The van der Waals surface area contributed by atoms with Gasteiger partial charge in [0.2, 0.25) is 0 Å². The number of aromatic nitrogens is 1. The van der Waals surface area contributed by atoms with Crippen molar-refractivity contribution >= 4 is 16.9 Å². The fraction of sp³-hybridized carbons (Fsp3) is 0.448. The Morgan fingerprint density at radius 3 is 2.49 bits per heavy atom. The summed E-state index contributed by atoms with van der Waals surface area (Å²) in [5.41, 5.74) is 6.25. The number of piperidine rings is 1. The lowest BCUT2D eigenvalue weighted by molar-refractivity contribution is -0.153. The van der Waals surface area contributed by atoms with Crippen LogP contribution in [0.15, 0.2) is 36.5 Å². The van der Waals surface area contributed by atoms with Gasteiger partial charge in [0.25, 0.3) is 0 Å². The quantitative estimate of drug-likeness (QED) is 0.299. The molecule has 2 heterocycles. The average molecular weight is 548 g/mol. The SMILES string of the molecule is COc1ccc2ncc(CN)c([C@H](F)CCC3(C(=O)O)CCN(CCCc4c(F)cc(F)cc4F)CC3)c2c1. The summed E-state index contributed by atoms with van der Waals surface area (Å²) in [7, 11) is 1.52. The predicted molar refractivity (Wildman–Crippen MR) is 140 cm³/mol. The van der Waals surface area contributed by atoms with Crippen molar-refractivity contribution < 1.29 is 32.2 Å². The van der Waals surface area contributed by atoms with Gasteiger partial charge < -0.3 is 20.5 Å². The molecule has 0 saturated carbocycles. The largest absolute Gasteiger partial charge is 0.497 e. The molecule has 39 heavy (non-hydrogen) atoms. The molecule has 0 amide bonds. The molecule has 0 spiro atoms. The molecule has 1 aliphatic heterocycles. The summed E-state index contributed by atoms with van der Waals surface area (Å²) in [5.74, 6) is -3.16. The third kappa shape index (κ3) is 6.33. The molecule has 3 N–H and O–H groups in total. The molecular weight excluding hydrogens is 514 g/mol. The van der Waals surface area contributed by atoms with Crippen molar-refractivity contribution in [3.63, 3.8) is 0 Å². The number of methoxy groups -OCH3 is 1. The Kier molecular flexibility index (Phi) is 9.07. The van der Waals surface area contributed by atoms with Crippen molar-refractivity contribution in [1.82, 2.24) is 9.88 Å². The normalized spacial score (nSPS) is 16.4. The monoisotopic (exact) mass is 547 g/mol. The third-order valence-electron chi connectivity index (χ3n) is 7.88. The molecule has 1 fully saturated rings. The van der Waals surface area contributed by atoms with Crippen LogP contribution in [0.2, 0.25) is 0 Å². The van der Waals surface area contributed by atoms with Gasteiger partial charge in [-0.25, -0.2) is 17.6 Å². The van der Waals surface area contributed by atoms with E-state index in [2.05, 4.69) is 4.98 Å². The Morgan fingerprint density at radius 1 is 1.18 bits per heavy atom. The molecule has 210 valence electrons. The van der Waals surface area contributed by atoms with Crippen LogP contribution in [0.25, 0.3) is 10.9 Å². The highest BCUT2D eigenvalue weighted by Crippen LogP contribution is 2.41. The van der Waals surface area contributed by atoms with E-state index >= 15 is 4.39 Å². The van der Waals surface area contributed by atoms with E-state index in [9.17, 15) is 23.1 Å². The van der Waals surface area contributed by atoms with Crippen LogP contribution in [-0.2, 0) is 17.8 Å². The summed E-state index contributed by atoms with van der Waals surface area (Å²) in [6.45, 7) is 1.56. The second-order valence-corrected chi connectivity index (χ2v) is 10.2. The van der Waals surface area contributed by atoms with Gasteiger partial charge in [0.1, 0.15) is 29.4 Å². The second kappa shape index (κ2) is 12.3. The van der Waals surface area contributed by atoms with Gasteiger partial charge in [-0.05, 0) is 81.9 Å². The standard InChI is InChI=1S/C29H33F4N3O3/c1-39-20-4-5-26-22(15-20)27(18(16-34)17-35-26)23(31)6-7-29(28(37)38)8-11-36(12-9-29)10-2-3-21-24(32)13-19(30)14-25(21)33/h4-5,13-15,17,23H,2-3,6-12,16,34H2,1H3,(H,37,38)/t23-/m1/s1. The molecule has 0 bridgehead atoms. The average Bonchev–Trinajstić information content (AvgIpc) is 2.92. The first-order chi connectivity index (χ1) is 18.7. The summed E-state index contributed by atoms with van der Waals surface area (Å²) in [6, 6.07) is 6.55. The Morgan fingerprint density at radius 2 is 1.87 bits per heavy atom. The van der Waals surface area contributed by atoms with Gasteiger partial charge in [0.05, 0.1) is 18.0 Å². The van der Waals surface area contributed by atoms with Crippen LogP contribution in [0.5, 0.6) is 5.75 Å². The van der Waals surface area contributed by atoms with Crippen molar-refractivity contribution in [3.8, 4) is 5.75 Å². The molecular formula is C29H33F4N3O3. The van der Waals surface area contributed by atoms with Crippen LogP contribution in [0.4, 0.5) is 17.6 Å². The smallest absolute Gasteiger partial charge is 0.309 e. The van der Waals surface area contributed by atoms with E-state index in [-0.39, 0.29) is 31.4 Å². The number of carboxylic acids is 1. The molecule has 10 heteroatoms. The maximum Gasteiger partial charge on any atom is 0.309 e. The van der Waals surface area contributed by atoms with Crippen molar-refractivity contribution in [2.45, 2.75) is 51.2 Å². The molecule has 1 aromatic heterocycles. The number of alkyl halides is 1. The lowest BCUT2D eigenvalue weighted by Gasteiger charge is -2.39. The number of halogens is 4. The zero-order valence-electron chi connectivity index (χ0n) is 21.9. The van der Waals surface area contributed by atoms with Crippen molar-refractivity contribution in [3.05, 3.63) is 70.7 Å². The van der Waals surface area contributed by atoms with Crippen LogP contribution < -0.4 is 10.5 Å². The molecule has 2 aromatic carbocycles.